The lowest BCUT2D eigenvalue weighted by molar-refractivity contribution is -0.117. The number of nitrogens with two attached hydrogens (primary N) is 1. The van der Waals surface area contributed by atoms with E-state index >= 15 is 0 Å². The summed E-state index contributed by atoms with van der Waals surface area (Å²) < 4.78 is 26.1. The van der Waals surface area contributed by atoms with Gasteiger partial charge in [-0.2, -0.15) is 5.26 Å². The molecule has 0 aromatic heterocycles. The number of hydrogen-bond acceptors (Lipinski definition) is 4. The zero-order valence-electron chi connectivity index (χ0n) is 9.80. The van der Waals surface area contributed by atoms with Crippen LogP contribution in [0.4, 0.5) is 0 Å². The molecular formula is C11H13N3O3S. The Kier molecular flexibility index (Phi) is 4.42. The highest BCUT2D eigenvalue weighted by atomic mass is 32.2. The molecule has 0 fully saturated rings. The maximum Gasteiger partial charge on any atom is 0.240 e. The predicted molar refractivity (Wildman–Crippen MR) is 64.9 cm³/mol. The van der Waals surface area contributed by atoms with Gasteiger partial charge in [-0.3, -0.25) is 4.79 Å². The van der Waals surface area contributed by atoms with Crippen LogP contribution in [-0.2, 0) is 14.8 Å². The van der Waals surface area contributed by atoms with Crippen molar-refractivity contribution >= 4 is 15.9 Å². The fourth-order valence-electron chi connectivity index (χ4n) is 1.35. The average Bonchev–Trinajstić information content (AvgIpc) is 2.28. The van der Waals surface area contributed by atoms with Crippen molar-refractivity contribution in [3.05, 3.63) is 29.3 Å². The molecule has 0 saturated heterocycles. The van der Waals surface area contributed by atoms with Crippen LogP contribution < -0.4 is 10.5 Å². The van der Waals surface area contributed by atoms with Crippen LogP contribution in [0.2, 0.25) is 0 Å². The Labute approximate surface area is 105 Å². The fraction of sp³-hybridized carbons (Fsp3) is 0.273. The van der Waals surface area contributed by atoms with Gasteiger partial charge in [-0.05, 0) is 24.6 Å². The summed E-state index contributed by atoms with van der Waals surface area (Å²) in [6.07, 6.45) is -0.0732. The SMILES string of the molecule is Cc1ccc(C#N)cc1S(=O)(=O)NCCC(N)=O. The molecule has 1 aromatic carbocycles. The maximum absolute atomic E-state index is 11.9. The molecule has 0 spiro atoms. The lowest BCUT2D eigenvalue weighted by Gasteiger charge is -2.08. The smallest absolute Gasteiger partial charge is 0.240 e. The Morgan fingerprint density at radius 3 is 2.72 bits per heavy atom. The summed E-state index contributed by atoms with van der Waals surface area (Å²) in [6.45, 7) is 1.57. The number of benzene rings is 1. The van der Waals surface area contributed by atoms with Gasteiger partial charge in [-0.25, -0.2) is 13.1 Å². The summed E-state index contributed by atoms with van der Waals surface area (Å²) in [4.78, 5) is 10.6. The Bertz CT molecular complexity index is 602. The standard InChI is InChI=1S/C11H13N3O3S/c1-8-2-3-9(7-12)6-10(8)18(16,17)14-5-4-11(13)15/h2-3,6,14H,4-5H2,1H3,(H2,13,15). The van der Waals surface area contributed by atoms with Gasteiger partial charge in [0.1, 0.15) is 0 Å². The number of hydrogen-bond donors (Lipinski definition) is 2. The molecule has 0 unspecified atom stereocenters. The molecule has 1 aromatic rings. The Hall–Kier alpha value is -1.91. The summed E-state index contributed by atoms with van der Waals surface area (Å²) >= 11 is 0. The van der Waals surface area contributed by atoms with Crippen LogP contribution in [0.15, 0.2) is 23.1 Å². The van der Waals surface area contributed by atoms with Crippen molar-refractivity contribution in [1.82, 2.24) is 4.72 Å². The molecule has 96 valence electrons. The van der Waals surface area contributed by atoms with E-state index in [4.69, 9.17) is 11.0 Å². The predicted octanol–water partition coefficient (Wildman–Crippen LogP) is 0.0204. The summed E-state index contributed by atoms with van der Waals surface area (Å²) in [5.41, 5.74) is 5.71. The van der Waals surface area contributed by atoms with Crippen molar-refractivity contribution in [3.8, 4) is 6.07 Å². The average molecular weight is 267 g/mol. The molecule has 0 saturated carbocycles. The van der Waals surface area contributed by atoms with Crippen LogP contribution in [0.25, 0.3) is 0 Å². The van der Waals surface area contributed by atoms with E-state index in [0.29, 0.717) is 5.56 Å². The molecule has 1 amide bonds. The van der Waals surface area contributed by atoms with E-state index in [1.807, 2.05) is 6.07 Å². The molecule has 3 N–H and O–H groups in total. The highest BCUT2D eigenvalue weighted by molar-refractivity contribution is 7.89. The minimum absolute atomic E-state index is 0.0334. The van der Waals surface area contributed by atoms with Crippen molar-refractivity contribution in [1.29, 1.82) is 5.26 Å². The van der Waals surface area contributed by atoms with Crippen LogP contribution in [0, 0.1) is 18.3 Å². The Balaban J connectivity index is 2.98. The zero-order valence-corrected chi connectivity index (χ0v) is 10.6. The van der Waals surface area contributed by atoms with Gasteiger partial charge < -0.3 is 5.73 Å². The van der Waals surface area contributed by atoms with Crippen LogP contribution in [0.1, 0.15) is 17.5 Å². The van der Waals surface area contributed by atoms with E-state index < -0.39 is 15.9 Å². The lowest BCUT2D eigenvalue weighted by atomic mass is 10.2. The number of nitriles is 1. The van der Waals surface area contributed by atoms with Crippen LogP contribution >= 0.6 is 0 Å². The molecule has 1 rings (SSSR count). The first-order chi connectivity index (χ1) is 8.36. The molecule has 0 aliphatic rings. The van der Waals surface area contributed by atoms with Crippen molar-refractivity contribution in [2.45, 2.75) is 18.2 Å². The van der Waals surface area contributed by atoms with Crippen molar-refractivity contribution < 1.29 is 13.2 Å². The van der Waals surface area contributed by atoms with E-state index in [2.05, 4.69) is 4.72 Å². The number of carbonyl (C=O) groups is 1. The van der Waals surface area contributed by atoms with E-state index in [1.165, 1.54) is 12.1 Å². The fourth-order valence-corrected chi connectivity index (χ4v) is 2.65. The minimum Gasteiger partial charge on any atom is -0.370 e. The lowest BCUT2D eigenvalue weighted by Crippen LogP contribution is -2.28. The third-order valence-electron chi connectivity index (χ3n) is 2.27. The molecule has 18 heavy (non-hydrogen) atoms. The number of amides is 1. The molecule has 0 atom stereocenters. The van der Waals surface area contributed by atoms with Gasteiger partial charge in [0.15, 0.2) is 0 Å². The third-order valence-corrected chi connectivity index (χ3v) is 3.87. The van der Waals surface area contributed by atoms with Crippen molar-refractivity contribution in [3.63, 3.8) is 0 Å². The molecule has 0 radical (unpaired) electrons. The van der Waals surface area contributed by atoms with Gasteiger partial charge >= 0.3 is 0 Å². The summed E-state index contributed by atoms with van der Waals surface area (Å²) in [7, 11) is -3.73. The number of aryl methyl sites for hydroxylation is 1. The first-order valence-electron chi connectivity index (χ1n) is 5.15. The Morgan fingerprint density at radius 1 is 1.50 bits per heavy atom. The highest BCUT2D eigenvalue weighted by Gasteiger charge is 2.17. The monoisotopic (exact) mass is 267 g/mol. The van der Waals surface area contributed by atoms with E-state index in [9.17, 15) is 13.2 Å². The van der Waals surface area contributed by atoms with Crippen molar-refractivity contribution in [2.75, 3.05) is 6.54 Å². The second kappa shape index (κ2) is 5.62. The number of rotatable bonds is 5. The molecule has 0 aliphatic heterocycles. The third kappa shape index (κ3) is 3.55. The van der Waals surface area contributed by atoms with Gasteiger partial charge in [0.25, 0.3) is 0 Å². The number of carbonyl (C=O) groups excluding carboxylic acids is 1. The summed E-state index contributed by atoms with van der Waals surface area (Å²) in [5.74, 6) is -0.583. The largest absolute Gasteiger partial charge is 0.370 e. The quantitative estimate of drug-likeness (QED) is 0.782. The normalized spacial score (nSPS) is 10.9. The van der Waals surface area contributed by atoms with Gasteiger partial charge in [0.05, 0.1) is 16.5 Å². The summed E-state index contributed by atoms with van der Waals surface area (Å²) in [5, 5.41) is 8.74. The number of nitrogens with one attached hydrogen (secondary N) is 1. The number of sulfonamides is 1. The van der Waals surface area contributed by atoms with E-state index in [1.54, 1.807) is 13.0 Å². The second-order valence-corrected chi connectivity index (χ2v) is 5.44. The van der Waals surface area contributed by atoms with Crippen molar-refractivity contribution in [2.24, 2.45) is 5.73 Å². The van der Waals surface area contributed by atoms with Crippen LogP contribution in [-0.4, -0.2) is 20.9 Å². The van der Waals surface area contributed by atoms with E-state index in [-0.39, 0.29) is 23.4 Å². The molecular weight excluding hydrogens is 254 g/mol. The van der Waals surface area contributed by atoms with Gasteiger partial charge in [0.2, 0.25) is 15.9 Å². The first kappa shape index (κ1) is 14.2. The number of nitrogens with zero attached hydrogens (tertiary/aromatic N) is 1. The van der Waals surface area contributed by atoms with E-state index in [0.717, 1.165) is 0 Å². The topological polar surface area (TPSA) is 113 Å². The first-order valence-corrected chi connectivity index (χ1v) is 6.64. The molecule has 0 aliphatic carbocycles. The summed E-state index contributed by atoms with van der Waals surface area (Å²) in [6, 6.07) is 6.26. The molecule has 0 heterocycles. The maximum atomic E-state index is 11.9. The number of primary amides is 1. The van der Waals surface area contributed by atoms with Crippen LogP contribution in [0.5, 0.6) is 0 Å². The van der Waals surface area contributed by atoms with Crippen LogP contribution in [0.3, 0.4) is 0 Å². The van der Waals surface area contributed by atoms with Gasteiger partial charge in [-0.1, -0.05) is 6.07 Å². The minimum atomic E-state index is -3.73. The van der Waals surface area contributed by atoms with Gasteiger partial charge in [-0.15, -0.1) is 0 Å². The second-order valence-electron chi connectivity index (χ2n) is 3.71. The molecule has 6 nitrogen and oxygen atoms in total. The Morgan fingerprint density at radius 2 is 2.17 bits per heavy atom. The molecule has 0 bridgehead atoms. The zero-order chi connectivity index (χ0) is 13.8. The van der Waals surface area contributed by atoms with Gasteiger partial charge in [0, 0.05) is 13.0 Å². The highest BCUT2D eigenvalue weighted by Crippen LogP contribution is 2.16. The molecule has 7 heteroatoms.